The van der Waals surface area contributed by atoms with Crippen LogP contribution < -0.4 is 5.32 Å². The Bertz CT molecular complexity index is 713. The lowest BCUT2D eigenvalue weighted by molar-refractivity contribution is 1.14. The molecule has 1 aliphatic rings. The van der Waals surface area contributed by atoms with E-state index < -0.39 is 0 Å². The molecule has 22 heavy (non-hydrogen) atoms. The molecule has 1 N–H and O–H groups in total. The number of anilines is 1. The molecule has 0 spiro atoms. The number of halogens is 1. The van der Waals surface area contributed by atoms with Crippen LogP contribution in [0.2, 0.25) is 5.15 Å². The van der Waals surface area contributed by atoms with E-state index in [1.807, 2.05) is 31.3 Å². The van der Waals surface area contributed by atoms with Gasteiger partial charge >= 0.3 is 0 Å². The Morgan fingerprint density at radius 3 is 2.77 bits per heavy atom. The molecule has 0 atom stereocenters. The van der Waals surface area contributed by atoms with Crippen LogP contribution in [0.5, 0.6) is 0 Å². The Morgan fingerprint density at radius 1 is 1.36 bits per heavy atom. The van der Waals surface area contributed by atoms with Crippen molar-refractivity contribution in [2.24, 2.45) is 0 Å². The van der Waals surface area contributed by atoms with Gasteiger partial charge in [-0.3, -0.25) is 0 Å². The molecular weight excluding hydrogens is 312 g/mol. The summed E-state index contributed by atoms with van der Waals surface area (Å²) in [5.41, 5.74) is 4.80. The topological polar surface area (TPSA) is 24.9 Å². The fraction of sp³-hybridized carbons (Fsp3) is 0.389. The van der Waals surface area contributed by atoms with Gasteiger partial charge in [-0.2, -0.15) is 0 Å². The standard InChI is InChI=1S/C16H17ClN2S.C2H6/c1-3-13-10(2)15-16(20-13)12(8-14(17)19-15)18-9-11-6-4-5-7-11;1-2/h4-6,8H,3,7,9H2,1-2H3,(H,18,19);1-2H3. The lowest BCUT2D eigenvalue weighted by Crippen LogP contribution is -2.03. The van der Waals surface area contributed by atoms with E-state index in [4.69, 9.17) is 11.6 Å². The smallest absolute Gasteiger partial charge is 0.131 e. The quantitative estimate of drug-likeness (QED) is 0.679. The number of aryl methyl sites for hydroxylation is 2. The van der Waals surface area contributed by atoms with Gasteiger partial charge in [0.05, 0.1) is 15.9 Å². The molecule has 0 fully saturated rings. The zero-order chi connectivity index (χ0) is 16.1. The van der Waals surface area contributed by atoms with Crippen molar-refractivity contribution in [1.29, 1.82) is 0 Å². The van der Waals surface area contributed by atoms with E-state index in [9.17, 15) is 0 Å². The van der Waals surface area contributed by atoms with E-state index in [-0.39, 0.29) is 0 Å². The first-order chi connectivity index (χ1) is 10.7. The average molecular weight is 335 g/mol. The summed E-state index contributed by atoms with van der Waals surface area (Å²) >= 11 is 7.99. The molecule has 118 valence electrons. The zero-order valence-corrected chi connectivity index (χ0v) is 15.2. The predicted octanol–water partition coefficient (Wildman–Crippen LogP) is 6.14. The summed E-state index contributed by atoms with van der Waals surface area (Å²) in [5.74, 6) is 0. The molecule has 1 aliphatic carbocycles. The monoisotopic (exact) mass is 334 g/mol. The Labute approximate surface area is 141 Å². The molecule has 2 heterocycles. The second-order valence-electron chi connectivity index (χ2n) is 4.98. The highest BCUT2D eigenvalue weighted by Gasteiger charge is 2.13. The number of thiophene rings is 1. The van der Waals surface area contributed by atoms with E-state index in [2.05, 4.69) is 42.4 Å². The number of pyridine rings is 1. The normalized spacial score (nSPS) is 13.0. The fourth-order valence-electron chi connectivity index (χ4n) is 2.49. The van der Waals surface area contributed by atoms with E-state index in [1.54, 1.807) is 0 Å². The molecule has 0 radical (unpaired) electrons. The number of hydrogen-bond donors (Lipinski definition) is 1. The number of nitrogens with zero attached hydrogens (tertiary/aromatic N) is 1. The molecule has 0 saturated heterocycles. The molecule has 2 aromatic heterocycles. The molecule has 0 saturated carbocycles. The second kappa shape index (κ2) is 7.80. The number of fused-ring (bicyclic) bond motifs is 1. The predicted molar refractivity (Wildman–Crippen MR) is 100 cm³/mol. The van der Waals surface area contributed by atoms with Crippen molar-refractivity contribution in [2.45, 2.75) is 40.5 Å². The van der Waals surface area contributed by atoms with Crippen LogP contribution in [0, 0.1) is 6.92 Å². The number of rotatable bonds is 4. The molecular formula is C18H23ClN2S. The van der Waals surface area contributed by atoms with Crippen LogP contribution >= 0.6 is 22.9 Å². The van der Waals surface area contributed by atoms with Crippen LogP contribution in [0.1, 0.15) is 37.6 Å². The van der Waals surface area contributed by atoms with Gasteiger partial charge in [-0.1, -0.05) is 50.6 Å². The molecule has 3 rings (SSSR count). The van der Waals surface area contributed by atoms with Gasteiger partial charge in [0, 0.05) is 17.5 Å². The minimum atomic E-state index is 0.557. The summed E-state index contributed by atoms with van der Waals surface area (Å²) in [6.45, 7) is 9.18. The number of nitrogens with one attached hydrogen (secondary N) is 1. The SMILES string of the molecule is CC.CCc1sc2c(NCC3=CC=CC3)cc(Cl)nc2c1C. The Balaban J connectivity index is 0.000000847. The maximum absolute atomic E-state index is 6.17. The van der Waals surface area contributed by atoms with Crippen molar-refractivity contribution in [3.63, 3.8) is 0 Å². The minimum Gasteiger partial charge on any atom is -0.380 e. The minimum absolute atomic E-state index is 0.557. The molecule has 0 aromatic carbocycles. The van der Waals surface area contributed by atoms with Gasteiger partial charge in [0.15, 0.2) is 0 Å². The maximum atomic E-state index is 6.17. The molecule has 0 aliphatic heterocycles. The number of allylic oxidation sites excluding steroid dienone is 3. The van der Waals surface area contributed by atoms with Crippen LogP contribution in [0.15, 0.2) is 29.9 Å². The summed E-state index contributed by atoms with van der Waals surface area (Å²) in [6, 6.07) is 1.93. The first-order valence-electron chi connectivity index (χ1n) is 7.86. The average Bonchev–Trinajstić information content (AvgIpc) is 3.16. The van der Waals surface area contributed by atoms with Crippen LogP contribution in [0.4, 0.5) is 5.69 Å². The molecule has 0 bridgehead atoms. The summed E-state index contributed by atoms with van der Waals surface area (Å²) in [6.07, 6.45) is 8.54. The van der Waals surface area contributed by atoms with Gasteiger partial charge in [0.1, 0.15) is 5.15 Å². The van der Waals surface area contributed by atoms with E-state index in [0.29, 0.717) is 5.15 Å². The Hall–Kier alpha value is -1.32. The summed E-state index contributed by atoms with van der Waals surface area (Å²) in [5, 5.41) is 4.07. The molecule has 2 nitrogen and oxygen atoms in total. The van der Waals surface area contributed by atoms with Crippen LogP contribution in [0.25, 0.3) is 10.2 Å². The third kappa shape index (κ3) is 3.53. The highest BCUT2D eigenvalue weighted by Crippen LogP contribution is 2.36. The summed E-state index contributed by atoms with van der Waals surface area (Å²) in [4.78, 5) is 5.88. The van der Waals surface area contributed by atoms with Crippen LogP contribution in [-0.2, 0) is 6.42 Å². The first-order valence-corrected chi connectivity index (χ1v) is 9.05. The number of hydrogen-bond acceptors (Lipinski definition) is 3. The van der Waals surface area contributed by atoms with Crippen LogP contribution in [-0.4, -0.2) is 11.5 Å². The maximum Gasteiger partial charge on any atom is 0.131 e. The Morgan fingerprint density at radius 2 is 2.14 bits per heavy atom. The van der Waals surface area contributed by atoms with Crippen molar-refractivity contribution in [2.75, 3.05) is 11.9 Å². The first kappa shape index (κ1) is 17.0. The third-order valence-electron chi connectivity index (χ3n) is 3.62. The number of aromatic nitrogens is 1. The van der Waals surface area contributed by atoms with Gasteiger partial charge in [-0.05, 0) is 30.9 Å². The van der Waals surface area contributed by atoms with Gasteiger partial charge in [-0.25, -0.2) is 4.98 Å². The van der Waals surface area contributed by atoms with E-state index in [0.717, 1.165) is 30.6 Å². The Kier molecular flexibility index (Phi) is 6.04. The van der Waals surface area contributed by atoms with Crippen molar-refractivity contribution in [3.05, 3.63) is 45.5 Å². The largest absolute Gasteiger partial charge is 0.380 e. The fourth-order valence-corrected chi connectivity index (χ4v) is 3.86. The van der Waals surface area contributed by atoms with Crippen LogP contribution in [0.3, 0.4) is 0 Å². The third-order valence-corrected chi connectivity index (χ3v) is 5.27. The zero-order valence-electron chi connectivity index (χ0n) is 13.7. The van der Waals surface area contributed by atoms with Gasteiger partial charge in [0.2, 0.25) is 0 Å². The summed E-state index contributed by atoms with van der Waals surface area (Å²) in [7, 11) is 0. The lowest BCUT2D eigenvalue weighted by Gasteiger charge is -2.08. The summed E-state index contributed by atoms with van der Waals surface area (Å²) < 4.78 is 1.22. The molecule has 2 aromatic rings. The van der Waals surface area contributed by atoms with E-state index >= 15 is 0 Å². The highest BCUT2D eigenvalue weighted by atomic mass is 35.5. The van der Waals surface area contributed by atoms with Crippen molar-refractivity contribution < 1.29 is 0 Å². The van der Waals surface area contributed by atoms with Crippen molar-refractivity contribution >= 4 is 38.8 Å². The van der Waals surface area contributed by atoms with Gasteiger partial charge < -0.3 is 5.32 Å². The van der Waals surface area contributed by atoms with E-state index in [1.165, 1.54) is 20.7 Å². The van der Waals surface area contributed by atoms with Gasteiger partial charge in [0.25, 0.3) is 0 Å². The second-order valence-corrected chi connectivity index (χ2v) is 6.48. The van der Waals surface area contributed by atoms with Gasteiger partial charge in [-0.15, -0.1) is 11.3 Å². The van der Waals surface area contributed by atoms with Crippen molar-refractivity contribution in [1.82, 2.24) is 4.98 Å². The lowest BCUT2D eigenvalue weighted by atomic mass is 10.2. The molecule has 4 heteroatoms. The molecule has 0 unspecified atom stereocenters. The van der Waals surface area contributed by atoms with Crippen molar-refractivity contribution in [3.8, 4) is 0 Å². The highest BCUT2D eigenvalue weighted by molar-refractivity contribution is 7.19. The molecule has 0 amide bonds.